The Hall–Kier alpha value is -4.05. The number of halogens is 1. The first-order valence-corrected chi connectivity index (χ1v) is 31.3. The molecule has 2 aliphatic heterocycles. The predicted octanol–water partition coefficient (Wildman–Crippen LogP) is 7.23. The van der Waals surface area contributed by atoms with Crippen LogP contribution in [-0.2, 0) is 48.7 Å². The summed E-state index contributed by atoms with van der Waals surface area (Å²) in [6.45, 7) is 19.8. The van der Waals surface area contributed by atoms with Gasteiger partial charge < -0.3 is 42.7 Å². The number of carbonyl (C=O) groups excluding carboxylic acids is 2. The van der Waals surface area contributed by atoms with Crippen LogP contribution in [0.3, 0.4) is 0 Å². The number of nitrogens with zero attached hydrogens (tertiary/aromatic N) is 7. The van der Waals surface area contributed by atoms with Gasteiger partial charge in [0.05, 0.1) is 37.5 Å². The van der Waals surface area contributed by atoms with Crippen molar-refractivity contribution in [3.8, 4) is 0 Å². The van der Waals surface area contributed by atoms with Crippen LogP contribution in [0.25, 0.3) is 22.3 Å². The lowest BCUT2D eigenvalue weighted by atomic mass is 10.1. The molecule has 26 heteroatoms. The smallest absolute Gasteiger partial charge is 0.338 e. The predicted molar refractivity (Wildman–Crippen MR) is 267 cm³/mol. The second-order valence-electron chi connectivity index (χ2n) is 20.6. The van der Waals surface area contributed by atoms with Gasteiger partial charge in [-0.3, -0.25) is 29.0 Å². The van der Waals surface area contributed by atoms with E-state index in [0.29, 0.717) is 11.2 Å². The number of H-pyrrole nitrogens is 1. The Kier molecular flexibility index (Phi) is 15.2. The zero-order valence-electron chi connectivity index (χ0n) is 40.8. The number of rotatable bonds is 16. The number of hydrogen-bond acceptors (Lipinski definition) is 17. The van der Waals surface area contributed by atoms with E-state index in [9.17, 15) is 19.3 Å². The van der Waals surface area contributed by atoms with Crippen LogP contribution in [0.5, 0.6) is 0 Å². The van der Waals surface area contributed by atoms with Gasteiger partial charge in [0.1, 0.15) is 30.1 Å². The van der Waals surface area contributed by atoms with Gasteiger partial charge >= 0.3 is 12.7 Å². The Morgan fingerprint density at radius 2 is 1.58 bits per heavy atom. The van der Waals surface area contributed by atoms with Gasteiger partial charge in [-0.15, -0.1) is 0 Å². The SMILES string of the molecule is CC(C)C(=O)Nc1nc2c(ncn2[C@@H]2O[C@H](COP(O)(=S)OC3C[C@H](n4cnc5c(N)nc(Cl)nc54)O[C@@H]3CO[Si](C)(C)C(C)(C)C)C(O[Si](C)(C)C(C)(C)C)C2OC(=O)c2ccccc2)c(=O)[nH]1. The zero-order chi connectivity index (χ0) is 50.6. The minimum atomic E-state index is -4.19. The van der Waals surface area contributed by atoms with Gasteiger partial charge in [0.15, 0.2) is 51.6 Å². The van der Waals surface area contributed by atoms with Crippen LogP contribution in [0.1, 0.15) is 84.6 Å². The van der Waals surface area contributed by atoms with Crippen LogP contribution in [0.2, 0.25) is 41.5 Å². The summed E-state index contributed by atoms with van der Waals surface area (Å²) in [6, 6.07) is 8.42. The molecule has 0 saturated carbocycles. The molecule has 2 fully saturated rings. The maximum Gasteiger partial charge on any atom is 0.338 e. The van der Waals surface area contributed by atoms with Crippen LogP contribution >= 0.6 is 18.3 Å². The van der Waals surface area contributed by atoms with Gasteiger partial charge in [-0.2, -0.15) is 15.0 Å². The van der Waals surface area contributed by atoms with Crippen molar-refractivity contribution in [1.29, 1.82) is 0 Å². The standard InChI is InChI=1S/C43H62ClN10O11PSSi2/c1-23(2)36(55)51-41-50-35-30(37(56)52-41)47-22-54(35)38-32(63-39(57)24-16-14-13-15-17-24)31(65-69(11,12)43(6,7)8)27(62-38)19-59-66(58,67)64-25-18-28(61-26(25)20-60-68(9,10)42(3,4)5)53-21-46-29-33(45)48-40(44)49-34(29)53/h13-17,21-23,25-28,31-32,38H,18-20H2,1-12H3,(H,58,67)(H2,45,48,49)(H2,50,51,52,55,56)/t25?,26-,27-,28-,31?,32?,38-,66?/m1/s1. The average molecular weight is 1050 g/mol. The number of aromatic amines is 1. The third-order valence-corrected chi connectivity index (χ3v) is 24.0. The van der Waals surface area contributed by atoms with Crippen molar-refractivity contribution in [2.45, 2.75) is 141 Å². The molecule has 0 bridgehead atoms. The van der Waals surface area contributed by atoms with E-state index in [2.05, 4.69) is 89.9 Å². The molecule has 2 saturated heterocycles. The highest BCUT2D eigenvalue weighted by Crippen LogP contribution is 2.51. The van der Waals surface area contributed by atoms with E-state index in [1.807, 2.05) is 13.1 Å². The van der Waals surface area contributed by atoms with Crippen molar-refractivity contribution in [3.63, 3.8) is 0 Å². The average Bonchev–Trinajstić information content (AvgIpc) is 4.03. The third-order valence-electron chi connectivity index (χ3n) is 13.2. The van der Waals surface area contributed by atoms with E-state index in [1.54, 1.807) is 48.7 Å². The van der Waals surface area contributed by atoms with Crippen LogP contribution in [0.4, 0.5) is 11.8 Å². The number of aromatic nitrogens is 8. The molecule has 6 heterocycles. The highest BCUT2D eigenvalue weighted by atomic mass is 35.5. The number of esters is 1. The summed E-state index contributed by atoms with van der Waals surface area (Å²) in [5.41, 5.74) is 6.38. The van der Waals surface area contributed by atoms with E-state index in [0.717, 1.165) is 0 Å². The summed E-state index contributed by atoms with van der Waals surface area (Å²) >= 11 is 12.0. The summed E-state index contributed by atoms with van der Waals surface area (Å²) < 4.78 is 49.0. The summed E-state index contributed by atoms with van der Waals surface area (Å²) in [6.07, 6.45) is -3.87. The fraction of sp³-hybridized carbons (Fsp3) is 0.581. The van der Waals surface area contributed by atoms with Crippen molar-refractivity contribution in [1.82, 2.24) is 39.0 Å². The molecule has 0 spiro atoms. The fourth-order valence-electron chi connectivity index (χ4n) is 7.18. The Morgan fingerprint density at radius 1 is 0.942 bits per heavy atom. The minimum Gasteiger partial charge on any atom is -0.451 e. The van der Waals surface area contributed by atoms with Crippen LogP contribution < -0.4 is 16.6 Å². The lowest BCUT2D eigenvalue weighted by molar-refractivity contribution is -0.118. The lowest BCUT2D eigenvalue weighted by Gasteiger charge is -2.40. The molecular formula is C43H62ClN10O11PSSi2. The van der Waals surface area contributed by atoms with Crippen LogP contribution in [-0.4, -0.2) is 116 Å². The van der Waals surface area contributed by atoms with Gasteiger partial charge in [0, 0.05) is 12.3 Å². The number of nitrogen functional groups attached to an aromatic ring is 1. The van der Waals surface area contributed by atoms with Gasteiger partial charge in [-0.1, -0.05) is 73.6 Å². The molecule has 0 radical (unpaired) electrons. The Balaban J connectivity index is 1.22. The number of amides is 1. The quantitative estimate of drug-likeness (QED) is 0.0329. The van der Waals surface area contributed by atoms with Gasteiger partial charge in [0.2, 0.25) is 17.1 Å². The van der Waals surface area contributed by atoms with E-state index in [4.69, 9.17) is 61.3 Å². The van der Waals surface area contributed by atoms with E-state index < -0.39 is 90.4 Å². The number of nitrogens with two attached hydrogens (primary N) is 1. The molecule has 1 amide bonds. The number of nitrogens with one attached hydrogen (secondary N) is 2. The number of imidazole rings is 2. The first-order chi connectivity index (χ1) is 32.1. The fourth-order valence-corrected chi connectivity index (χ4v) is 11.2. The van der Waals surface area contributed by atoms with Crippen LogP contribution in [0, 0.1) is 5.92 Å². The molecule has 2 aliphatic rings. The molecule has 5 aromatic rings. The molecule has 4 unspecified atom stereocenters. The van der Waals surface area contributed by atoms with E-state index in [1.165, 1.54) is 17.2 Å². The molecule has 69 heavy (non-hydrogen) atoms. The molecule has 8 atom stereocenters. The number of anilines is 2. The van der Waals surface area contributed by atoms with E-state index in [-0.39, 0.29) is 62.8 Å². The second-order valence-corrected chi connectivity index (χ2v) is 33.3. The number of benzene rings is 1. The molecule has 0 aliphatic carbocycles. The highest BCUT2D eigenvalue weighted by molar-refractivity contribution is 8.07. The van der Waals surface area contributed by atoms with E-state index >= 15 is 0 Å². The van der Waals surface area contributed by atoms with Crippen molar-refractivity contribution >= 4 is 92.7 Å². The third kappa shape index (κ3) is 11.5. The van der Waals surface area contributed by atoms with Gasteiger partial charge in [-0.05, 0) is 71.8 Å². The summed E-state index contributed by atoms with van der Waals surface area (Å²) in [4.78, 5) is 76.3. The highest BCUT2D eigenvalue weighted by Gasteiger charge is 2.54. The number of hydrogen-bond donors (Lipinski definition) is 4. The largest absolute Gasteiger partial charge is 0.451 e. The maximum atomic E-state index is 14.0. The first-order valence-electron chi connectivity index (χ1n) is 22.5. The summed E-state index contributed by atoms with van der Waals surface area (Å²) in [5.74, 6) is -1.51. The second kappa shape index (κ2) is 19.9. The Morgan fingerprint density at radius 3 is 2.23 bits per heavy atom. The van der Waals surface area contributed by atoms with Crippen molar-refractivity contribution in [3.05, 3.63) is 64.2 Å². The van der Waals surface area contributed by atoms with Crippen molar-refractivity contribution in [2.75, 3.05) is 24.3 Å². The summed E-state index contributed by atoms with van der Waals surface area (Å²) in [5, 5.41) is 2.09. The number of carbonyl (C=O) groups is 2. The topological polar surface area (TPSA) is 264 Å². The number of ether oxygens (including phenoxy) is 3. The molecular weight excluding hydrogens is 987 g/mol. The molecule has 4 aromatic heterocycles. The van der Waals surface area contributed by atoms with Gasteiger partial charge in [0.25, 0.3) is 5.56 Å². The van der Waals surface area contributed by atoms with Crippen LogP contribution in [0.15, 0.2) is 47.8 Å². The monoisotopic (exact) mass is 1050 g/mol. The normalized spacial score (nSPS) is 23.5. The molecule has 7 rings (SSSR count). The maximum absolute atomic E-state index is 14.0. The molecule has 376 valence electrons. The Bertz CT molecular complexity index is 2800. The molecule has 1 aromatic carbocycles. The molecule has 21 nitrogen and oxygen atoms in total. The van der Waals surface area contributed by atoms with Crippen molar-refractivity contribution < 1.29 is 46.6 Å². The van der Waals surface area contributed by atoms with Crippen molar-refractivity contribution in [2.24, 2.45) is 5.92 Å². The minimum absolute atomic E-state index is 0.0238. The first kappa shape index (κ1) is 52.8. The van der Waals surface area contributed by atoms with Gasteiger partial charge in [-0.25, -0.2) is 14.8 Å². The zero-order valence-corrected chi connectivity index (χ0v) is 45.2. The Labute approximate surface area is 412 Å². The molecule has 5 N–H and O–H groups in total. The number of fused-ring (bicyclic) bond motifs is 2. The lowest BCUT2D eigenvalue weighted by Crippen LogP contribution is -2.50. The summed E-state index contributed by atoms with van der Waals surface area (Å²) in [7, 11) is -5.07.